The molecule has 1 saturated heterocycles. The van der Waals surface area contributed by atoms with Crippen molar-refractivity contribution in [1.29, 1.82) is 0 Å². The van der Waals surface area contributed by atoms with Crippen molar-refractivity contribution in [3.05, 3.63) is 29.8 Å². The number of carbonyl (C=O) groups excluding carboxylic acids is 2. The normalized spacial score (nSPS) is 18.7. The highest BCUT2D eigenvalue weighted by molar-refractivity contribution is 5.94. The number of amides is 1. The van der Waals surface area contributed by atoms with E-state index in [1.807, 2.05) is 0 Å². The summed E-state index contributed by atoms with van der Waals surface area (Å²) < 4.78 is 18.5. The predicted molar refractivity (Wildman–Crippen MR) is 69.5 cm³/mol. The van der Waals surface area contributed by atoms with Crippen LogP contribution in [-0.4, -0.2) is 41.5 Å². The maximum Gasteiger partial charge on any atom is 0.310 e. The molecule has 0 aliphatic carbocycles. The van der Waals surface area contributed by atoms with Gasteiger partial charge in [-0.1, -0.05) is 0 Å². The molecule has 0 unspecified atom stereocenters. The van der Waals surface area contributed by atoms with Crippen LogP contribution in [-0.2, 0) is 9.53 Å². The van der Waals surface area contributed by atoms with Crippen LogP contribution in [0.4, 0.5) is 4.39 Å². The summed E-state index contributed by atoms with van der Waals surface area (Å²) in [6.07, 6.45) is 3.80. The van der Waals surface area contributed by atoms with Gasteiger partial charge in [-0.25, -0.2) is 4.39 Å². The van der Waals surface area contributed by atoms with Gasteiger partial charge in [0.1, 0.15) is 0 Å². The van der Waals surface area contributed by atoms with Crippen molar-refractivity contribution in [2.75, 3.05) is 19.7 Å². The lowest BCUT2D eigenvalue weighted by molar-refractivity contribution is -0.149. The van der Waals surface area contributed by atoms with Crippen molar-refractivity contribution in [1.82, 2.24) is 9.88 Å². The van der Waals surface area contributed by atoms with Crippen LogP contribution < -0.4 is 0 Å². The van der Waals surface area contributed by atoms with Gasteiger partial charge in [0.25, 0.3) is 5.91 Å². The van der Waals surface area contributed by atoms with Gasteiger partial charge < -0.3 is 9.64 Å². The molecule has 1 aliphatic heterocycles. The van der Waals surface area contributed by atoms with Crippen molar-refractivity contribution in [2.45, 2.75) is 19.8 Å². The molecule has 1 amide bonds. The molecule has 1 aliphatic rings. The fourth-order valence-corrected chi connectivity index (χ4v) is 2.33. The third-order valence-corrected chi connectivity index (χ3v) is 3.33. The van der Waals surface area contributed by atoms with E-state index in [1.54, 1.807) is 6.92 Å². The molecule has 1 fully saturated rings. The highest BCUT2D eigenvalue weighted by Crippen LogP contribution is 2.20. The van der Waals surface area contributed by atoms with Crippen molar-refractivity contribution >= 4 is 11.9 Å². The first-order chi connectivity index (χ1) is 9.63. The number of hydrogen-bond donors (Lipinski definition) is 0. The lowest BCUT2D eigenvalue weighted by Crippen LogP contribution is -2.43. The molecule has 1 aromatic heterocycles. The van der Waals surface area contributed by atoms with Gasteiger partial charge in [-0.15, -0.1) is 0 Å². The lowest BCUT2D eigenvalue weighted by atomic mass is 9.97. The van der Waals surface area contributed by atoms with Crippen molar-refractivity contribution < 1.29 is 18.7 Å². The number of hydrogen-bond acceptors (Lipinski definition) is 4. The Kier molecular flexibility index (Phi) is 4.65. The molecule has 0 saturated carbocycles. The van der Waals surface area contributed by atoms with Crippen molar-refractivity contribution in [3.8, 4) is 0 Å². The number of piperidine rings is 1. The summed E-state index contributed by atoms with van der Waals surface area (Å²) in [4.78, 5) is 29.1. The number of carbonyl (C=O) groups is 2. The molecule has 2 heterocycles. The minimum Gasteiger partial charge on any atom is -0.466 e. The Bertz CT molecular complexity index is 507. The Morgan fingerprint density at radius 1 is 1.55 bits per heavy atom. The molecule has 108 valence electrons. The molecular weight excluding hydrogens is 263 g/mol. The van der Waals surface area contributed by atoms with Gasteiger partial charge in [-0.05, 0) is 25.8 Å². The van der Waals surface area contributed by atoms with Crippen LogP contribution in [0.2, 0.25) is 0 Å². The number of aromatic nitrogens is 1. The number of pyridine rings is 1. The van der Waals surface area contributed by atoms with Gasteiger partial charge in [0, 0.05) is 19.3 Å². The number of esters is 1. The summed E-state index contributed by atoms with van der Waals surface area (Å²) in [7, 11) is 0. The number of halogens is 1. The van der Waals surface area contributed by atoms with Crippen LogP contribution in [0, 0.1) is 11.7 Å². The van der Waals surface area contributed by atoms with E-state index in [0.29, 0.717) is 26.0 Å². The Labute approximate surface area is 116 Å². The van der Waals surface area contributed by atoms with Crippen LogP contribution in [0.1, 0.15) is 30.1 Å². The topological polar surface area (TPSA) is 59.5 Å². The first kappa shape index (κ1) is 14.4. The van der Waals surface area contributed by atoms with E-state index < -0.39 is 11.7 Å². The summed E-state index contributed by atoms with van der Waals surface area (Å²) in [5, 5.41) is 0. The highest BCUT2D eigenvalue weighted by Gasteiger charge is 2.30. The fraction of sp³-hybridized carbons (Fsp3) is 0.500. The second-order valence-electron chi connectivity index (χ2n) is 4.70. The Morgan fingerprint density at radius 2 is 2.35 bits per heavy atom. The van der Waals surface area contributed by atoms with E-state index in [4.69, 9.17) is 4.74 Å². The zero-order valence-corrected chi connectivity index (χ0v) is 11.3. The minimum atomic E-state index is -0.643. The maximum absolute atomic E-state index is 13.6. The molecule has 0 aromatic carbocycles. The Balaban J connectivity index is 2.07. The molecule has 0 N–H and O–H groups in total. The number of nitrogens with zero attached hydrogens (tertiary/aromatic N) is 2. The molecule has 2 rings (SSSR count). The van der Waals surface area contributed by atoms with Gasteiger partial charge >= 0.3 is 5.97 Å². The van der Waals surface area contributed by atoms with E-state index in [0.717, 1.165) is 6.20 Å². The van der Waals surface area contributed by atoms with Gasteiger partial charge in [-0.3, -0.25) is 14.6 Å². The quantitative estimate of drug-likeness (QED) is 0.790. The smallest absolute Gasteiger partial charge is 0.310 e. The van der Waals surface area contributed by atoms with Crippen molar-refractivity contribution in [2.24, 2.45) is 5.92 Å². The van der Waals surface area contributed by atoms with Crippen LogP contribution in [0.3, 0.4) is 0 Å². The van der Waals surface area contributed by atoms with Crippen LogP contribution >= 0.6 is 0 Å². The van der Waals surface area contributed by atoms with Crippen LogP contribution in [0.25, 0.3) is 0 Å². The minimum absolute atomic E-state index is 0.00971. The molecular formula is C14H17FN2O3. The summed E-state index contributed by atoms with van der Waals surface area (Å²) >= 11 is 0. The third kappa shape index (κ3) is 3.12. The largest absolute Gasteiger partial charge is 0.466 e. The van der Waals surface area contributed by atoms with E-state index >= 15 is 0 Å². The second kappa shape index (κ2) is 6.45. The number of rotatable bonds is 3. The molecule has 5 nitrogen and oxygen atoms in total. The SMILES string of the molecule is CCOC(=O)[C@H]1CCCN(C(=O)c2ccncc2F)C1. The van der Waals surface area contributed by atoms with Gasteiger partial charge in [-0.2, -0.15) is 0 Å². The van der Waals surface area contributed by atoms with Crippen molar-refractivity contribution in [3.63, 3.8) is 0 Å². The van der Waals surface area contributed by atoms with Crippen LogP contribution in [0.5, 0.6) is 0 Å². The average Bonchev–Trinajstić information content (AvgIpc) is 2.47. The van der Waals surface area contributed by atoms with Gasteiger partial charge in [0.2, 0.25) is 0 Å². The molecule has 1 atom stereocenters. The zero-order valence-electron chi connectivity index (χ0n) is 11.3. The fourth-order valence-electron chi connectivity index (χ4n) is 2.33. The molecule has 0 bridgehead atoms. The van der Waals surface area contributed by atoms with Crippen LogP contribution in [0.15, 0.2) is 18.5 Å². The van der Waals surface area contributed by atoms with E-state index in [9.17, 15) is 14.0 Å². The Hall–Kier alpha value is -1.98. The van der Waals surface area contributed by atoms with Gasteiger partial charge in [0.15, 0.2) is 5.82 Å². The van der Waals surface area contributed by atoms with E-state index in [2.05, 4.69) is 4.98 Å². The molecule has 1 aromatic rings. The first-order valence-corrected chi connectivity index (χ1v) is 6.69. The summed E-state index contributed by atoms with van der Waals surface area (Å²) in [6.45, 7) is 2.87. The summed E-state index contributed by atoms with van der Waals surface area (Å²) in [5.74, 6) is -1.66. The van der Waals surface area contributed by atoms with Gasteiger partial charge in [0.05, 0.1) is 24.3 Å². The highest BCUT2D eigenvalue weighted by atomic mass is 19.1. The van der Waals surface area contributed by atoms with E-state index in [1.165, 1.54) is 17.2 Å². The summed E-state index contributed by atoms with van der Waals surface area (Å²) in [5.41, 5.74) is -0.00971. The molecule has 0 spiro atoms. The number of likely N-dealkylation sites (tertiary alicyclic amines) is 1. The number of ether oxygens (including phenoxy) is 1. The Morgan fingerprint density at radius 3 is 3.05 bits per heavy atom. The first-order valence-electron chi connectivity index (χ1n) is 6.69. The predicted octanol–water partition coefficient (Wildman–Crippen LogP) is 1.64. The summed E-state index contributed by atoms with van der Waals surface area (Å²) in [6, 6.07) is 1.35. The molecule has 20 heavy (non-hydrogen) atoms. The zero-order chi connectivity index (χ0) is 14.5. The monoisotopic (exact) mass is 280 g/mol. The standard InChI is InChI=1S/C14H17FN2O3/c1-2-20-14(19)10-4-3-7-17(9-10)13(18)11-5-6-16-8-12(11)15/h5-6,8,10H,2-4,7,9H2,1H3/t10-/m0/s1. The molecule has 0 radical (unpaired) electrons. The third-order valence-electron chi connectivity index (χ3n) is 3.33. The lowest BCUT2D eigenvalue weighted by Gasteiger charge is -2.31. The average molecular weight is 280 g/mol. The molecule has 6 heteroatoms. The van der Waals surface area contributed by atoms with E-state index in [-0.39, 0.29) is 24.0 Å². The second-order valence-corrected chi connectivity index (χ2v) is 4.70. The maximum atomic E-state index is 13.6.